The van der Waals surface area contributed by atoms with Gasteiger partial charge >= 0.3 is 18.9 Å². The average Bonchev–Trinajstić information content (AvgIpc) is 2.24. The Morgan fingerprint density at radius 1 is 1.11 bits per heavy atom. The summed E-state index contributed by atoms with van der Waals surface area (Å²) < 4.78 is 0. The summed E-state index contributed by atoms with van der Waals surface area (Å²) in [4.78, 5) is 12.3. The SMILES string of the molecule is Cc1cc(C)c(C)c(C(=O)[P-]CC(C)C)c1C.[Li+]. The van der Waals surface area contributed by atoms with Crippen LogP contribution in [0.2, 0.25) is 0 Å². The van der Waals surface area contributed by atoms with E-state index in [1.165, 1.54) is 11.1 Å². The molecule has 0 aromatic heterocycles. The second-order valence-corrected chi connectivity index (χ2v) is 6.26. The molecule has 0 aliphatic heterocycles. The summed E-state index contributed by atoms with van der Waals surface area (Å²) in [5.74, 6) is 0.576. The van der Waals surface area contributed by atoms with E-state index in [1.807, 2.05) is 0 Å². The fraction of sp³-hybridized carbons (Fsp3) is 0.533. The fourth-order valence-corrected chi connectivity index (χ4v) is 2.91. The molecule has 0 atom stereocenters. The van der Waals surface area contributed by atoms with Crippen LogP contribution in [0.15, 0.2) is 6.07 Å². The van der Waals surface area contributed by atoms with Crippen molar-refractivity contribution in [1.82, 2.24) is 0 Å². The van der Waals surface area contributed by atoms with Gasteiger partial charge in [0.25, 0.3) is 0 Å². The number of carbonyl (C=O) groups excluding carboxylic acids is 1. The smallest absolute Gasteiger partial charge is 0.459 e. The maximum absolute atomic E-state index is 12.3. The molecule has 0 saturated heterocycles. The van der Waals surface area contributed by atoms with E-state index in [1.54, 1.807) is 0 Å². The Bertz CT molecular complexity index is 412. The van der Waals surface area contributed by atoms with Crippen LogP contribution in [-0.2, 0) is 0 Å². The third kappa shape index (κ3) is 4.24. The van der Waals surface area contributed by atoms with Gasteiger partial charge in [-0.25, -0.2) is 0 Å². The van der Waals surface area contributed by atoms with E-state index in [4.69, 9.17) is 0 Å². The largest absolute Gasteiger partial charge is 1.00 e. The van der Waals surface area contributed by atoms with Crippen LogP contribution >= 0.6 is 8.58 Å². The average molecular weight is 256 g/mol. The van der Waals surface area contributed by atoms with Crippen LogP contribution in [-0.4, -0.2) is 11.7 Å². The number of hydrogen-bond donors (Lipinski definition) is 0. The van der Waals surface area contributed by atoms with Gasteiger partial charge in [-0.05, 0) is 55.5 Å². The molecule has 0 aliphatic rings. The van der Waals surface area contributed by atoms with Crippen molar-refractivity contribution in [3.05, 3.63) is 33.9 Å². The second-order valence-electron chi connectivity index (χ2n) is 5.18. The predicted molar refractivity (Wildman–Crippen MR) is 76.3 cm³/mol. The molecule has 0 N–H and O–H groups in total. The van der Waals surface area contributed by atoms with E-state index < -0.39 is 0 Å². The molecule has 0 saturated carbocycles. The van der Waals surface area contributed by atoms with Gasteiger partial charge in [0, 0.05) is 5.52 Å². The van der Waals surface area contributed by atoms with Crippen LogP contribution < -0.4 is 18.9 Å². The van der Waals surface area contributed by atoms with Gasteiger partial charge in [-0.15, -0.1) is 0 Å². The molecule has 18 heavy (non-hydrogen) atoms. The summed E-state index contributed by atoms with van der Waals surface area (Å²) >= 11 is 0. The van der Waals surface area contributed by atoms with Gasteiger partial charge in [0.2, 0.25) is 0 Å². The minimum Gasteiger partial charge on any atom is -0.459 e. The minimum atomic E-state index is 0. The molecule has 0 bridgehead atoms. The molecule has 0 radical (unpaired) electrons. The summed E-state index contributed by atoms with van der Waals surface area (Å²) in [6, 6.07) is 2.17. The topological polar surface area (TPSA) is 17.1 Å². The molecule has 1 aromatic carbocycles. The number of hydrogen-bond acceptors (Lipinski definition) is 1. The van der Waals surface area contributed by atoms with E-state index >= 15 is 0 Å². The quantitative estimate of drug-likeness (QED) is 0.591. The van der Waals surface area contributed by atoms with Crippen molar-refractivity contribution in [3.63, 3.8) is 0 Å². The molecule has 1 aromatic rings. The second kappa shape index (κ2) is 7.49. The molecular weight excluding hydrogens is 234 g/mol. The van der Waals surface area contributed by atoms with E-state index in [9.17, 15) is 4.79 Å². The number of benzene rings is 1. The van der Waals surface area contributed by atoms with Crippen LogP contribution in [0.4, 0.5) is 0 Å². The van der Waals surface area contributed by atoms with Gasteiger partial charge in [0.1, 0.15) is 0 Å². The number of rotatable bonds is 4. The normalized spacial score (nSPS) is 11.1. The maximum atomic E-state index is 12.3. The monoisotopic (exact) mass is 256 g/mol. The van der Waals surface area contributed by atoms with E-state index in [-0.39, 0.29) is 24.4 Å². The van der Waals surface area contributed by atoms with Crippen molar-refractivity contribution in [2.24, 2.45) is 5.92 Å². The molecule has 1 nitrogen and oxygen atoms in total. The van der Waals surface area contributed by atoms with Crippen molar-refractivity contribution in [1.29, 1.82) is 0 Å². The molecule has 94 valence electrons. The zero-order valence-corrected chi connectivity index (χ0v) is 13.6. The minimum absolute atomic E-state index is 0. The van der Waals surface area contributed by atoms with E-state index in [0.717, 1.165) is 31.4 Å². The number of aryl methyl sites for hydroxylation is 2. The van der Waals surface area contributed by atoms with Crippen molar-refractivity contribution >= 4 is 14.1 Å². The van der Waals surface area contributed by atoms with E-state index in [0.29, 0.717) is 5.92 Å². The van der Waals surface area contributed by atoms with Gasteiger partial charge < -0.3 is 13.4 Å². The first-order valence-electron chi connectivity index (χ1n) is 6.13. The summed E-state index contributed by atoms with van der Waals surface area (Å²) in [7, 11) is 0.927. The maximum Gasteiger partial charge on any atom is 1.00 e. The summed E-state index contributed by atoms with van der Waals surface area (Å²) in [5.41, 5.74) is 5.96. The van der Waals surface area contributed by atoms with Crippen LogP contribution in [0, 0.1) is 33.6 Å². The Kier molecular flexibility index (Phi) is 7.46. The summed E-state index contributed by atoms with van der Waals surface area (Å²) in [6.45, 7) is 12.6. The Morgan fingerprint density at radius 3 is 1.94 bits per heavy atom. The van der Waals surface area contributed by atoms with Crippen molar-refractivity contribution in [2.45, 2.75) is 41.5 Å². The zero-order chi connectivity index (χ0) is 13.2. The molecule has 0 spiro atoms. The standard InChI is InChI=1S/C15H22OP.Li/c1-9(2)8-17-15(16)14-12(5)10(3)7-11(4)13(14)6;/h7,9H,8H2,1-6H3;/q-1;+1. The summed E-state index contributed by atoms with van der Waals surface area (Å²) in [6.07, 6.45) is 0.949. The first-order valence-corrected chi connectivity index (χ1v) is 7.21. The van der Waals surface area contributed by atoms with Gasteiger partial charge in [0.05, 0.1) is 0 Å². The van der Waals surface area contributed by atoms with E-state index in [2.05, 4.69) is 47.6 Å². The molecule has 0 fully saturated rings. The Morgan fingerprint density at radius 2 is 1.56 bits per heavy atom. The van der Waals surface area contributed by atoms with Gasteiger partial charge in [-0.1, -0.05) is 25.8 Å². The Hall–Kier alpha value is -0.0826. The van der Waals surface area contributed by atoms with Crippen LogP contribution in [0.25, 0.3) is 0 Å². The molecule has 0 aliphatic carbocycles. The Labute approximate surface area is 125 Å². The number of carbonyl (C=O) groups is 1. The van der Waals surface area contributed by atoms with Crippen LogP contribution in [0.3, 0.4) is 0 Å². The molecule has 0 amide bonds. The predicted octanol–water partition coefficient (Wildman–Crippen LogP) is 1.67. The molecule has 0 unspecified atom stereocenters. The van der Waals surface area contributed by atoms with Gasteiger partial charge in [-0.2, -0.15) is 6.16 Å². The summed E-state index contributed by atoms with van der Waals surface area (Å²) in [5, 5.41) is 0. The van der Waals surface area contributed by atoms with Crippen molar-refractivity contribution in [2.75, 3.05) is 6.16 Å². The fourth-order valence-electron chi connectivity index (χ4n) is 1.88. The van der Waals surface area contributed by atoms with Crippen molar-refractivity contribution in [3.8, 4) is 0 Å². The first kappa shape index (κ1) is 17.9. The molecule has 0 heterocycles. The molecule has 1 rings (SSSR count). The third-order valence-electron chi connectivity index (χ3n) is 3.18. The van der Waals surface area contributed by atoms with Crippen LogP contribution in [0.1, 0.15) is 46.5 Å². The van der Waals surface area contributed by atoms with Crippen molar-refractivity contribution < 1.29 is 23.7 Å². The van der Waals surface area contributed by atoms with Crippen LogP contribution in [0.5, 0.6) is 0 Å². The van der Waals surface area contributed by atoms with Gasteiger partial charge in [0.15, 0.2) is 0 Å². The third-order valence-corrected chi connectivity index (χ3v) is 4.60. The van der Waals surface area contributed by atoms with Gasteiger partial charge in [-0.3, -0.25) is 0 Å². The molecular formula is C15H22LiOP. The Balaban J connectivity index is 0.00000289. The molecule has 3 heteroatoms. The first-order chi connectivity index (χ1) is 7.84. The zero-order valence-electron chi connectivity index (χ0n) is 12.7.